The van der Waals surface area contributed by atoms with Gasteiger partial charge in [-0.2, -0.15) is 0 Å². The summed E-state index contributed by atoms with van der Waals surface area (Å²) in [7, 11) is 0. The number of nitrogens with zero attached hydrogens (tertiary/aromatic N) is 4. The highest BCUT2D eigenvalue weighted by Gasteiger charge is 2.12. The molecule has 0 saturated heterocycles. The maximum Gasteiger partial charge on any atom is 0.259 e. The van der Waals surface area contributed by atoms with Gasteiger partial charge in [0.2, 0.25) is 11.0 Å². The molecule has 1 aromatic carbocycles. The first-order valence-electron chi connectivity index (χ1n) is 8.46. The summed E-state index contributed by atoms with van der Waals surface area (Å²) in [5.74, 6) is 0.149. The Labute approximate surface area is 165 Å². The van der Waals surface area contributed by atoms with Crippen LogP contribution in [-0.2, 0) is 6.61 Å². The first-order chi connectivity index (χ1) is 13.8. The summed E-state index contributed by atoms with van der Waals surface area (Å²) in [4.78, 5) is 20.5. The van der Waals surface area contributed by atoms with Crippen molar-refractivity contribution >= 4 is 22.4 Å². The average Bonchev–Trinajstić information content (AvgIpc) is 3.22. The topological polar surface area (TPSA) is 89.9 Å². The number of anilines is 1. The Morgan fingerprint density at radius 3 is 2.57 bits per heavy atom. The van der Waals surface area contributed by atoms with Gasteiger partial charge in [0.1, 0.15) is 11.6 Å². The number of pyridine rings is 2. The lowest BCUT2D eigenvalue weighted by molar-refractivity contribution is 0.102. The fourth-order valence-corrected chi connectivity index (χ4v) is 3.13. The predicted molar refractivity (Wildman–Crippen MR) is 106 cm³/mol. The molecule has 1 N–H and O–H groups in total. The standard InChI is InChI=1S/C20H15N5O2S/c26-18(23-20-25-24-19(28-20)15-8-10-21-11-9-15)16-6-7-17(22-12-16)27-13-14-4-2-1-3-5-14/h1-12H,13H2,(H,23,25,26). The number of amides is 1. The zero-order chi connectivity index (χ0) is 19.2. The quantitative estimate of drug-likeness (QED) is 0.539. The Bertz CT molecular complexity index is 1050. The van der Waals surface area contributed by atoms with E-state index in [2.05, 4.69) is 25.5 Å². The van der Waals surface area contributed by atoms with Crippen LogP contribution in [0.15, 0.2) is 73.2 Å². The molecular formula is C20H15N5O2S. The highest BCUT2D eigenvalue weighted by atomic mass is 32.1. The second-order valence-electron chi connectivity index (χ2n) is 5.76. The number of rotatable bonds is 6. The molecule has 0 aliphatic rings. The lowest BCUT2D eigenvalue weighted by atomic mass is 10.2. The van der Waals surface area contributed by atoms with Crippen LogP contribution in [0.4, 0.5) is 5.13 Å². The normalized spacial score (nSPS) is 10.4. The van der Waals surface area contributed by atoms with E-state index in [1.807, 2.05) is 42.5 Å². The van der Waals surface area contributed by atoms with Gasteiger partial charge in [-0.25, -0.2) is 4.98 Å². The Morgan fingerprint density at radius 1 is 1.00 bits per heavy atom. The molecule has 8 heteroatoms. The van der Waals surface area contributed by atoms with Crippen LogP contribution in [0.1, 0.15) is 15.9 Å². The monoisotopic (exact) mass is 389 g/mol. The fraction of sp³-hybridized carbons (Fsp3) is 0.0500. The zero-order valence-corrected chi connectivity index (χ0v) is 15.5. The minimum Gasteiger partial charge on any atom is -0.473 e. The van der Waals surface area contributed by atoms with Gasteiger partial charge in [-0.3, -0.25) is 15.1 Å². The first kappa shape index (κ1) is 17.7. The fourth-order valence-electron chi connectivity index (χ4n) is 2.39. The van der Waals surface area contributed by atoms with E-state index in [1.54, 1.807) is 24.5 Å². The number of hydrogen-bond acceptors (Lipinski definition) is 7. The molecule has 0 fully saturated rings. The number of carbonyl (C=O) groups excluding carboxylic acids is 1. The molecule has 0 aliphatic heterocycles. The third kappa shape index (κ3) is 4.36. The van der Waals surface area contributed by atoms with Gasteiger partial charge in [-0.1, -0.05) is 41.7 Å². The van der Waals surface area contributed by atoms with Crippen molar-refractivity contribution in [2.24, 2.45) is 0 Å². The van der Waals surface area contributed by atoms with E-state index in [0.717, 1.165) is 11.1 Å². The maximum atomic E-state index is 12.4. The lowest BCUT2D eigenvalue weighted by Gasteiger charge is -2.06. The van der Waals surface area contributed by atoms with Crippen molar-refractivity contribution in [3.8, 4) is 16.5 Å². The van der Waals surface area contributed by atoms with Crippen LogP contribution in [0, 0.1) is 0 Å². The van der Waals surface area contributed by atoms with E-state index >= 15 is 0 Å². The number of carbonyl (C=O) groups is 1. The van der Waals surface area contributed by atoms with E-state index in [9.17, 15) is 4.79 Å². The largest absolute Gasteiger partial charge is 0.473 e. The van der Waals surface area contributed by atoms with Crippen molar-refractivity contribution in [1.82, 2.24) is 20.2 Å². The summed E-state index contributed by atoms with van der Waals surface area (Å²) in [5, 5.41) is 12.0. The maximum absolute atomic E-state index is 12.4. The van der Waals surface area contributed by atoms with Crippen molar-refractivity contribution in [3.05, 3.63) is 84.3 Å². The Morgan fingerprint density at radius 2 is 1.82 bits per heavy atom. The predicted octanol–water partition coefficient (Wildman–Crippen LogP) is 3.83. The van der Waals surface area contributed by atoms with Crippen molar-refractivity contribution in [2.45, 2.75) is 6.61 Å². The van der Waals surface area contributed by atoms with E-state index in [0.29, 0.717) is 28.2 Å². The molecule has 4 aromatic rings. The second kappa shape index (κ2) is 8.36. The van der Waals surface area contributed by atoms with Gasteiger partial charge in [-0.05, 0) is 23.8 Å². The molecule has 7 nitrogen and oxygen atoms in total. The van der Waals surface area contributed by atoms with Crippen molar-refractivity contribution in [2.75, 3.05) is 5.32 Å². The smallest absolute Gasteiger partial charge is 0.259 e. The van der Waals surface area contributed by atoms with Gasteiger partial charge in [0.05, 0.1) is 5.56 Å². The first-order valence-corrected chi connectivity index (χ1v) is 9.27. The van der Waals surface area contributed by atoms with Gasteiger partial charge in [0.25, 0.3) is 5.91 Å². The SMILES string of the molecule is O=C(Nc1nnc(-c2ccncc2)s1)c1ccc(OCc2ccccc2)nc1. The third-order valence-corrected chi connectivity index (χ3v) is 4.69. The van der Waals surface area contributed by atoms with E-state index in [-0.39, 0.29) is 5.91 Å². The van der Waals surface area contributed by atoms with Crippen LogP contribution < -0.4 is 10.1 Å². The second-order valence-corrected chi connectivity index (χ2v) is 6.74. The zero-order valence-electron chi connectivity index (χ0n) is 14.6. The van der Waals surface area contributed by atoms with Crippen LogP contribution in [0.25, 0.3) is 10.6 Å². The summed E-state index contributed by atoms with van der Waals surface area (Å²) in [5.41, 5.74) is 2.36. The summed E-state index contributed by atoms with van der Waals surface area (Å²) in [6.07, 6.45) is 4.84. The van der Waals surface area contributed by atoms with Gasteiger partial charge in [0.15, 0.2) is 0 Å². The van der Waals surface area contributed by atoms with Gasteiger partial charge < -0.3 is 4.74 Å². The van der Waals surface area contributed by atoms with Crippen LogP contribution in [0.3, 0.4) is 0 Å². The van der Waals surface area contributed by atoms with E-state index in [4.69, 9.17) is 4.74 Å². The number of ether oxygens (including phenoxy) is 1. The molecule has 0 bridgehead atoms. The van der Waals surface area contributed by atoms with Crippen molar-refractivity contribution in [3.63, 3.8) is 0 Å². The van der Waals surface area contributed by atoms with Crippen LogP contribution in [0.5, 0.6) is 5.88 Å². The van der Waals surface area contributed by atoms with Crippen molar-refractivity contribution < 1.29 is 9.53 Å². The highest BCUT2D eigenvalue weighted by molar-refractivity contribution is 7.18. The lowest BCUT2D eigenvalue weighted by Crippen LogP contribution is -2.12. The van der Waals surface area contributed by atoms with Gasteiger partial charge >= 0.3 is 0 Å². The highest BCUT2D eigenvalue weighted by Crippen LogP contribution is 2.25. The summed E-state index contributed by atoms with van der Waals surface area (Å²) in [6, 6.07) is 16.8. The molecule has 0 atom stereocenters. The molecule has 4 rings (SSSR count). The molecule has 0 unspecified atom stereocenters. The molecule has 3 aromatic heterocycles. The summed E-state index contributed by atoms with van der Waals surface area (Å²) >= 11 is 1.29. The molecular weight excluding hydrogens is 374 g/mol. The molecule has 1 amide bonds. The summed E-state index contributed by atoms with van der Waals surface area (Å²) in [6.45, 7) is 0.419. The average molecular weight is 389 g/mol. The van der Waals surface area contributed by atoms with Gasteiger partial charge in [0, 0.05) is 30.2 Å². The number of benzene rings is 1. The van der Waals surface area contributed by atoms with E-state index in [1.165, 1.54) is 17.5 Å². The molecule has 3 heterocycles. The molecule has 0 saturated carbocycles. The van der Waals surface area contributed by atoms with Gasteiger partial charge in [-0.15, -0.1) is 10.2 Å². The minimum absolute atomic E-state index is 0.306. The van der Waals surface area contributed by atoms with Crippen molar-refractivity contribution in [1.29, 1.82) is 0 Å². The molecule has 0 aliphatic carbocycles. The number of aromatic nitrogens is 4. The van der Waals surface area contributed by atoms with Crippen LogP contribution >= 0.6 is 11.3 Å². The molecule has 0 spiro atoms. The molecule has 28 heavy (non-hydrogen) atoms. The Balaban J connectivity index is 1.37. The molecule has 0 radical (unpaired) electrons. The Hall–Kier alpha value is -3.65. The third-order valence-electron chi connectivity index (χ3n) is 3.80. The number of hydrogen-bond donors (Lipinski definition) is 1. The summed E-state index contributed by atoms with van der Waals surface area (Å²) < 4.78 is 5.63. The Kier molecular flexibility index (Phi) is 5.30. The minimum atomic E-state index is -0.306. The van der Waals surface area contributed by atoms with Crippen LogP contribution in [0.2, 0.25) is 0 Å². The van der Waals surface area contributed by atoms with Crippen LogP contribution in [-0.4, -0.2) is 26.1 Å². The number of nitrogens with one attached hydrogen (secondary N) is 1. The van der Waals surface area contributed by atoms with E-state index < -0.39 is 0 Å². The molecule has 138 valence electrons.